The number of allylic oxidation sites excluding steroid dienone is 1. The number of hydrogen-bond donors (Lipinski definition) is 0. The maximum absolute atomic E-state index is 4.06. The molecule has 0 N–H and O–H groups in total. The molecular formula is C8H15N3. The van der Waals surface area contributed by atoms with E-state index in [4.69, 9.17) is 0 Å². The van der Waals surface area contributed by atoms with Crippen LogP contribution in [-0.4, -0.2) is 31.2 Å². The molecule has 0 amide bonds. The largest absolute Gasteiger partial charge is 0.344 e. The second-order valence-corrected chi connectivity index (χ2v) is 2.08. The van der Waals surface area contributed by atoms with Crippen molar-refractivity contribution in [2.24, 2.45) is 9.98 Å². The van der Waals surface area contributed by atoms with Crippen molar-refractivity contribution < 1.29 is 0 Å². The van der Waals surface area contributed by atoms with E-state index in [0.717, 1.165) is 6.54 Å². The topological polar surface area (TPSA) is 28.0 Å². The fraction of sp³-hybridized carbons (Fsp3) is 0.500. The summed E-state index contributed by atoms with van der Waals surface area (Å²) in [7, 11) is 1.93. The summed E-state index contributed by atoms with van der Waals surface area (Å²) in [5.41, 5.74) is 0. The van der Waals surface area contributed by atoms with E-state index >= 15 is 0 Å². The first-order valence-corrected chi connectivity index (χ1v) is 3.63. The van der Waals surface area contributed by atoms with Crippen LogP contribution in [-0.2, 0) is 0 Å². The zero-order valence-electron chi connectivity index (χ0n) is 7.41. The third-order valence-corrected chi connectivity index (χ3v) is 1.30. The standard InChI is InChI=1S/C8H15N3/c1-5-7-10-8(9-3)11(4)6-2/h5,7H,3,6H2,1-2,4H3/b7-5+,10-8?. The van der Waals surface area contributed by atoms with Crippen molar-refractivity contribution in [2.75, 3.05) is 13.6 Å². The van der Waals surface area contributed by atoms with Crippen LogP contribution in [0.5, 0.6) is 0 Å². The second kappa shape index (κ2) is 5.65. The summed E-state index contributed by atoms with van der Waals surface area (Å²) < 4.78 is 0. The monoisotopic (exact) mass is 153 g/mol. The van der Waals surface area contributed by atoms with E-state index in [9.17, 15) is 0 Å². The normalized spacial score (nSPS) is 12.1. The van der Waals surface area contributed by atoms with Crippen LogP contribution < -0.4 is 0 Å². The average molecular weight is 153 g/mol. The predicted molar refractivity (Wildman–Crippen MR) is 50.1 cm³/mol. The third kappa shape index (κ3) is 3.55. The summed E-state index contributed by atoms with van der Waals surface area (Å²) >= 11 is 0. The molecule has 0 atom stereocenters. The summed E-state index contributed by atoms with van der Waals surface area (Å²) in [5.74, 6) is 0.658. The Morgan fingerprint density at radius 3 is 2.64 bits per heavy atom. The molecule has 0 unspecified atom stereocenters. The Labute approximate surface area is 68.2 Å². The van der Waals surface area contributed by atoms with Gasteiger partial charge < -0.3 is 4.90 Å². The first-order chi connectivity index (χ1) is 5.26. The van der Waals surface area contributed by atoms with Crippen molar-refractivity contribution >= 4 is 12.7 Å². The van der Waals surface area contributed by atoms with E-state index in [2.05, 4.69) is 16.7 Å². The molecule has 3 heteroatoms. The first-order valence-electron chi connectivity index (χ1n) is 3.63. The van der Waals surface area contributed by atoms with Gasteiger partial charge in [-0.1, -0.05) is 6.08 Å². The molecule has 11 heavy (non-hydrogen) atoms. The molecule has 0 heterocycles. The molecule has 0 radical (unpaired) electrons. The molecule has 3 nitrogen and oxygen atoms in total. The Bertz CT molecular complexity index is 170. The molecule has 0 bridgehead atoms. The van der Waals surface area contributed by atoms with Gasteiger partial charge in [0.2, 0.25) is 5.96 Å². The first kappa shape index (κ1) is 9.88. The summed E-state index contributed by atoms with van der Waals surface area (Å²) in [6.45, 7) is 8.26. The second-order valence-electron chi connectivity index (χ2n) is 2.08. The Hall–Kier alpha value is -1.12. The number of rotatable bonds is 2. The molecule has 0 aliphatic carbocycles. The lowest BCUT2D eigenvalue weighted by Gasteiger charge is -2.13. The van der Waals surface area contributed by atoms with Crippen molar-refractivity contribution in [3.8, 4) is 0 Å². The minimum Gasteiger partial charge on any atom is -0.344 e. The highest BCUT2D eigenvalue weighted by molar-refractivity contribution is 5.84. The van der Waals surface area contributed by atoms with Crippen molar-refractivity contribution in [2.45, 2.75) is 13.8 Å². The van der Waals surface area contributed by atoms with E-state index in [1.165, 1.54) is 0 Å². The van der Waals surface area contributed by atoms with E-state index in [0.29, 0.717) is 5.96 Å². The fourth-order valence-electron chi connectivity index (χ4n) is 0.543. The van der Waals surface area contributed by atoms with Crippen molar-refractivity contribution in [3.05, 3.63) is 12.3 Å². The minimum atomic E-state index is 0.658. The third-order valence-electron chi connectivity index (χ3n) is 1.30. The molecule has 0 aliphatic heterocycles. The zero-order valence-corrected chi connectivity index (χ0v) is 7.41. The highest BCUT2D eigenvalue weighted by Gasteiger charge is 1.97. The van der Waals surface area contributed by atoms with E-state index in [-0.39, 0.29) is 0 Å². The van der Waals surface area contributed by atoms with Crippen LogP contribution in [0.1, 0.15) is 13.8 Å². The lowest BCUT2D eigenvalue weighted by Crippen LogP contribution is -2.24. The lowest BCUT2D eigenvalue weighted by molar-refractivity contribution is 0.530. The molecule has 0 saturated carbocycles. The van der Waals surface area contributed by atoms with Crippen LogP contribution in [0.4, 0.5) is 0 Å². The molecule has 0 aromatic carbocycles. The van der Waals surface area contributed by atoms with Gasteiger partial charge in [-0.2, -0.15) is 0 Å². The summed E-state index contributed by atoms with van der Waals surface area (Å²) in [6, 6.07) is 0. The van der Waals surface area contributed by atoms with E-state index in [1.807, 2.05) is 31.9 Å². The molecule has 0 aromatic rings. The van der Waals surface area contributed by atoms with Gasteiger partial charge in [-0.25, -0.2) is 9.98 Å². The summed E-state index contributed by atoms with van der Waals surface area (Å²) in [6.07, 6.45) is 3.56. The van der Waals surface area contributed by atoms with Crippen molar-refractivity contribution in [1.29, 1.82) is 0 Å². The predicted octanol–water partition coefficient (Wildman–Crippen LogP) is 1.53. The summed E-state index contributed by atoms with van der Waals surface area (Å²) in [5, 5.41) is 0. The molecule has 0 rings (SSSR count). The maximum Gasteiger partial charge on any atom is 0.224 e. The van der Waals surface area contributed by atoms with Crippen LogP contribution >= 0.6 is 0 Å². The van der Waals surface area contributed by atoms with Crippen LogP contribution in [0.3, 0.4) is 0 Å². The van der Waals surface area contributed by atoms with Gasteiger partial charge in [0.15, 0.2) is 0 Å². The van der Waals surface area contributed by atoms with Crippen molar-refractivity contribution in [3.63, 3.8) is 0 Å². The number of aliphatic imine (C=N–C) groups is 2. The quantitative estimate of drug-likeness (QED) is 0.436. The van der Waals surface area contributed by atoms with Gasteiger partial charge >= 0.3 is 0 Å². The van der Waals surface area contributed by atoms with Gasteiger partial charge in [0.05, 0.1) is 0 Å². The van der Waals surface area contributed by atoms with Gasteiger partial charge in [-0.15, -0.1) is 0 Å². The van der Waals surface area contributed by atoms with E-state index in [1.54, 1.807) is 6.20 Å². The van der Waals surface area contributed by atoms with Gasteiger partial charge in [0.1, 0.15) is 0 Å². The van der Waals surface area contributed by atoms with Crippen LogP contribution in [0.25, 0.3) is 0 Å². The fourth-order valence-corrected chi connectivity index (χ4v) is 0.543. The maximum atomic E-state index is 4.06. The average Bonchev–Trinajstić information content (AvgIpc) is 2.05. The smallest absolute Gasteiger partial charge is 0.224 e. The molecule has 62 valence electrons. The Morgan fingerprint density at radius 1 is 1.64 bits per heavy atom. The number of guanidine groups is 1. The van der Waals surface area contributed by atoms with Gasteiger partial charge in [-0.05, 0) is 20.6 Å². The molecule has 0 saturated heterocycles. The van der Waals surface area contributed by atoms with Crippen LogP contribution in [0.15, 0.2) is 22.3 Å². The SMILES string of the molecule is C=NC(=N/C=C/C)N(C)CC. The Kier molecular flexibility index (Phi) is 5.07. The van der Waals surface area contributed by atoms with Gasteiger partial charge in [-0.3, -0.25) is 0 Å². The van der Waals surface area contributed by atoms with Gasteiger partial charge in [0.25, 0.3) is 0 Å². The van der Waals surface area contributed by atoms with Crippen LogP contribution in [0.2, 0.25) is 0 Å². The lowest BCUT2D eigenvalue weighted by atomic mass is 10.6. The highest BCUT2D eigenvalue weighted by atomic mass is 15.2. The minimum absolute atomic E-state index is 0.658. The van der Waals surface area contributed by atoms with Gasteiger partial charge in [0, 0.05) is 19.8 Å². The molecule has 0 spiro atoms. The molecule has 0 aromatic heterocycles. The van der Waals surface area contributed by atoms with Crippen LogP contribution in [0, 0.1) is 0 Å². The number of hydrogen-bond acceptors (Lipinski definition) is 1. The summed E-state index contributed by atoms with van der Waals surface area (Å²) in [4.78, 5) is 9.76. The number of nitrogens with zero attached hydrogens (tertiary/aromatic N) is 3. The highest BCUT2D eigenvalue weighted by Crippen LogP contribution is 1.89. The van der Waals surface area contributed by atoms with Crippen molar-refractivity contribution in [1.82, 2.24) is 4.90 Å². The van der Waals surface area contributed by atoms with E-state index < -0.39 is 0 Å². The Balaban J connectivity index is 4.25. The molecule has 0 fully saturated rings. The zero-order chi connectivity index (χ0) is 8.69. The molecular weight excluding hydrogens is 138 g/mol. The Morgan fingerprint density at radius 2 is 2.27 bits per heavy atom. The molecule has 0 aliphatic rings.